The Morgan fingerprint density at radius 3 is 2.48 bits per heavy atom. The molecule has 0 aliphatic carbocycles. The summed E-state index contributed by atoms with van der Waals surface area (Å²) in [6.45, 7) is 1.10. The number of carbonyl (C=O) groups is 1. The van der Waals surface area contributed by atoms with E-state index in [9.17, 15) is 13.2 Å². The van der Waals surface area contributed by atoms with E-state index in [-0.39, 0.29) is 17.3 Å². The molecule has 0 atom stereocenters. The average molecular weight is 462 g/mol. The summed E-state index contributed by atoms with van der Waals surface area (Å²) in [7, 11) is -2.28. The van der Waals surface area contributed by atoms with Crippen molar-refractivity contribution < 1.29 is 13.2 Å². The largest absolute Gasteiger partial charge is 0.361 e. The molecule has 1 aromatic heterocycles. The number of fused-ring (bicyclic) bond motifs is 2. The van der Waals surface area contributed by atoms with Crippen LogP contribution in [0.4, 0.5) is 0 Å². The maximum Gasteiger partial charge on any atom is 0.243 e. The number of benzene rings is 3. The van der Waals surface area contributed by atoms with Gasteiger partial charge in [0.1, 0.15) is 0 Å². The monoisotopic (exact) mass is 461 g/mol. The van der Waals surface area contributed by atoms with Crippen LogP contribution in [0.1, 0.15) is 24.3 Å². The highest BCUT2D eigenvalue weighted by Crippen LogP contribution is 2.33. The van der Waals surface area contributed by atoms with Crippen LogP contribution in [0.3, 0.4) is 0 Å². The van der Waals surface area contributed by atoms with Crippen molar-refractivity contribution in [3.8, 4) is 0 Å². The fourth-order valence-corrected chi connectivity index (χ4v) is 5.91. The van der Waals surface area contributed by atoms with Crippen LogP contribution in [0.15, 0.2) is 77.8 Å². The van der Waals surface area contributed by atoms with Crippen molar-refractivity contribution in [3.63, 3.8) is 0 Å². The van der Waals surface area contributed by atoms with Crippen LogP contribution in [0.5, 0.6) is 0 Å². The Hall–Kier alpha value is -3.16. The number of rotatable bonds is 5. The summed E-state index contributed by atoms with van der Waals surface area (Å²) in [5.41, 5.74) is 2.43. The van der Waals surface area contributed by atoms with E-state index >= 15 is 0 Å². The van der Waals surface area contributed by atoms with Crippen molar-refractivity contribution in [2.24, 2.45) is 0 Å². The summed E-state index contributed by atoms with van der Waals surface area (Å²) >= 11 is 0. The van der Waals surface area contributed by atoms with Crippen molar-refractivity contribution in [1.82, 2.24) is 14.2 Å². The van der Waals surface area contributed by atoms with Gasteiger partial charge in [-0.05, 0) is 53.3 Å². The zero-order chi connectivity index (χ0) is 23.0. The van der Waals surface area contributed by atoms with Gasteiger partial charge in [-0.1, -0.05) is 48.5 Å². The molecule has 0 radical (unpaired) electrons. The number of sulfonamides is 1. The number of nitrogens with zero attached hydrogens (tertiary/aromatic N) is 2. The van der Waals surface area contributed by atoms with Crippen LogP contribution in [-0.2, 0) is 14.8 Å². The van der Waals surface area contributed by atoms with Crippen molar-refractivity contribution in [1.29, 1.82) is 0 Å². The third-order valence-corrected chi connectivity index (χ3v) is 8.50. The number of hydrogen-bond donors (Lipinski definition) is 1. The van der Waals surface area contributed by atoms with Gasteiger partial charge in [0, 0.05) is 37.2 Å². The Balaban J connectivity index is 1.24. The van der Waals surface area contributed by atoms with E-state index in [0.29, 0.717) is 19.0 Å². The van der Waals surface area contributed by atoms with Crippen molar-refractivity contribution >= 4 is 37.6 Å². The summed E-state index contributed by atoms with van der Waals surface area (Å²) in [6.07, 6.45) is 3.82. The van der Waals surface area contributed by atoms with Gasteiger partial charge < -0.3 is 9.88 Å². The second-order valence-electron chi connectivity index (χ2n) is 8.71. The lowest BCUT2D eigenvalue weighted by Crippen LogP contribution is -2.44. The Bertz CT molecular complexity index is 1420. The number of carbonyl (C=O) groups excluding carboxylic acids is 1. The lowest BCUT2D eigenvalue weighted by Gasteiger charge is -2.33. The molecule has 0 bridgehead atoms. The summed E-state index contributed by atoms with van der Waals surface area (Å²) in [5, 5.41) is 3.08. The Morgan fingerprint density at radius 2 is 1.70 bits per heavy atom. The summed E-state index contributed by atoms with van der Waals surface area (Å²) < 4.78 is 27.3. The normalized spacial score (nSPS) is 15.5. The first kappa shape index (κ1) is 21.7. The van der Waals surface area contributed by atoms with Crippen LogP contribution in [0.25, 0.3) is 21.7 Å². The van der Waals surface area contributed by atoms with Gasteiger partial charge in [0.15, 0.2) is 0 Å². The molecule has 170 valence electrons. The topological polar surface area (TPSA) is 73.5 Å². The minimum absolute atomic E-state index is 0.153. The number of piperidine rings is 1. The van der Waals surface area contributed by atoms with E-state index in [4.69, 9.17) is 0 Å². The minimum Gasteiger partial charge on any atom is -0.361 e. The first-order valence-electron chi connectivity index (χ1n) is 11.2. The Kier molecular flexibility index (Phi) is 5.68. The highest BCUT2D eigenvalue weighted by Gasteiger charge is 2.29. The van der Waals surface area contributed by atoms with E-state index in [1.165, 1.54) is 18.0 Å². The standard InChI is InChI=1S/C26H27N3O3S/c1-28(33(31,32)22-11-10-19-6-2-3-7-21(19)16-22)18-26(30)29-14-12-20(13-15-29)24-17-27-25-9-5-4-8-23(24)25/h2-11,16-17,20,27H,12-15,18H2,1H3. The zero-order valence-electron chi connectivity index (χ0n) is 18.6. The number of H-pyrrole nitrogens is 1. The first-order chi connectivity index (χ1) is 15.9. The van der Waals surface area contributed by atoms with Crippen LogP contribution in [0, 0.1) is 0 Å². The number of aromatic nitrogens is 1. The molecule has 1 aliphatic heterocycles. The number of amides is 1. The number of likely N-dealkylation sites (tertiary alicyclic amines) is 1. The van der Waals surface area contributed by atoms with Crippen LogP contribution in [0.2, 0.25) is 0 Å². The van der Waals surface area contributed by atoms with Gasteiger partial charge in [0.2, 0.25) is 15.9 Å². The maximum absolute atomic E-state index is 13.1. The third-order valence-electron chi connectivity index (χ3n) is 6.70. The second-order valence-corrected chi connectivity index (χ2v) is 10.8. The van der Waals surface area contributed by atoms with E-state index in [1.54, 1.807) is 23.1 Å². The van der Waals surface area contributed by atoms with Crippen molar-refractivity contribution in [2.45, 2.75) is 23.7 Å². The number of likely N-dealkylation sites (N-methyl/N-ethyl adjacent to an activating group) is 1. The molecule has 0 spiro atoms. The number of aromatic amines is 1. The highest BCUT2D eigenvalue weighted by molar-refractivity contribution is 7.89. The smallest absolute Gasteiger partial charge is 0.243 e. The predicted octanol–water partition coefficient (Wildman–Crippen LogP) is 4.35. The third kappa shape index (κ3) is 4.14. The van der Waals surface area contributed by atoms with Crippen molar-refractivity contribution in [2.75, 3.05) is 26.7 Å². The molecule has 1 saturated heterocycles. The van der Waals surface area contributed by atoms with Gasteiger partial charge in [-0.3, -0.25) is 4.79 Å². The fourth-order valence-electron chi connectivity index (χ4n) is 4.75. The van der Waals surface area contributed by atoms with E-state index in [2.05, 4.69) is 23.3 Å². The quantitative estimate of drug-likeness (QED) is 0.480. The fraction of sp³-hybridized carbons (Fsp3) is 0.269. The summed E-state index contributed by atoms with van der Waals surface area (Å²) in [5.74, 6) is 0.239. The van der Waals surface area contributed by atoms with Crippen LogP contribution < -0.4 is 0 Å². The van der Waals surface area contributed by atoms with Crippen LogP contribution in [-0.4, -0.2) is 55.2 Å². The molecule has 0 unspecified atom stereocenters. The molecule has 1 aliphatic rings. The van der Waals surface area contributed by atoms with E-state index < -0.39 is 10.0 Å². The second kappa shape index (κ2) is 8.65. The summed E-state index contributed by atoms with van der Waals surface area (Å²) in [4.78, 5) is 18.2. The zero-order valence-corrected chi connectivity index (χ0v) is 19.4. The molecule has 3 aromatic carbocycles. The molecule has 4 aromatic rings. The van der Waals surface area contributed by atoms with Gasteiger partial charge in [-0.15, -0.1) is 0 Å². The number of nitrogens with one attached hydrogen (secondary N) is 1. The average Bonchev–Trinajstić information content (AvgIpc) is 3.28. The Labute approximate surface area is 193 Å². The van der Waals surface area contributed by atoms with Gasteiger partial charge >= 0.3 is 0 Å². The lowest BCUT2D eigenvalue weighted by molar-refractivity contribution is -0.132. The molecule has 33 heavy (non-hydrogen) atoms. The molecule has 0 saturated carbocycles. The van der Waals surface area contributed by atoms with Gasteiger partial charge in [0.25, 0.3) is 0 Å². The SMILES string of the molecule is CN(CC(=O)N1CCC(c2c[nH]c3ccccc23)CC1)S(=O)(=O)c1ccc2ccccc2c1. The number of para-hydroxylation sites is 1. The van der Waals surface area contributed by atoms with Gasteiger partial charge in [0.05, 0.1) is 11.4 Å². The Morgan fingerprint density at radius 1 is 1.00 bits per heavy atom. The molecule has 5 rings (SSSR count). The summed E-state index contributed by atoms with van der Waals surface area (Å²) in [6, 6.07) is 21.0. The molecule has 1 amide bonds. The lowest BCUT2D eigenvalue weighted by atomic mass is 9.89. The molecule has 6 nitrogen and oxygen atoms in total. The first-order valence-corrected chi connectivity index (χ1v) is 12.7. The van der Waals surface area contributed by atoms with Crippen molar-refractivity contribution in [3.05, 3.63) is 78.5 Å². The van der Waals surface area contributed by atoms with Crippen LogP contribution >= 0.6 is 0 Å². The molecule has 1 N–H and O–H groups in total. The van der Waals surface area contributed by atoms with Gasteiger partial charge in [-0.25, -0.2) is 8.42 Å². The van der Waals surface area contributed by atoms with E-state index in [1.807, 2.05) is 36.4 Å². The number of hydrogen-bond acceptors (Lipinski definition) is 3. The molecular formula is C26H27N3O3S. The minimum atomic E-state index is -3.75. The van der Waals surface area contributed by atoms with Gasteiger partial charge in [-0.2, -0.15) is 4.31 Å². The molecular weight excluding hydrogens is 434 g/mol. The predicted molar refractivity (Wildman–Crippen MR) is 131 cm³/mol. The maximum atomic E-state index is 13.1. The highest BCUT2D eigenvalue weighted by atomic mass is 32.2. The molecule has 2 heterocycles. The molecule has 1 fully saturated rings. The molecule has 7 heteroatoms. The van der Waals surface area contributed by atoms with E-state index in [0.717, 1.165) is 33.4 Å².